The molecule has 1 aromatic heterocycles. The molecule has 0 radical (unpaired) electrons. The van der Waals surface area contributed by atoms with Gasteiger partial charge in [0.25, 0.3) is 0 Å². The summed E-state index contributed by atoms with van der Waals surface area (Å²) in [5, 5.41) is 3.38. The molecule has 1 amide bonds. The van der Waals surface area contributed by atoms with Crippen LogP contribution in [0.5, 0.6) is 0 Å². The molecule has 0 bridgehead atoms. The monoisotopic (exact) mass is 276 g/mol. The molecular weight excluding hydrogens is 252 g/mol. The summed E-state index contributed by atoms with van der Waals surface area (Å²) in [4.78, 5) is 16.2. The normalized spacial score (nSPS) is 20.9. The van der Waals surface area contributed by atoms with Gasteiger partial charge < -0.3 is 15.6 Å². The lowest BCUT2D eigenvalue weighted by Crippen LogP contribution is -2.27. The molecule has 5 heteroatoms. The lowest BCUT2D eigenvalue weighted by Gasteiger charge is -2.22. The summed E-state index contributed by atoms with van der Waals surface area (Å²) in [5.74, 6) is 1.53. The Balaban J connectivity index is 1.98. The van der Waals surface area contributed by atoms with Crippen molar-refractivity contribution in [2.45, 2.75) is 64.0 Å². The van der Waals surface area contributed by atoms with Crippen molar-refractivity contribution < 1.29 is 4.79 Å². The maximum absolute atomic E-state index is 11.3. The number of imidazole rings is 1. The fourth-order valence-corrected chi connectivity index (χ4v) is 3.70. The molecule has 2 heterocycles. The first-order valence-electron chi connectivity index (χ1n) is 7.75. The Morgan fingerprint density at radius 3 is 2.95 bits per heavy atom. The fraction of sp³-hybridized carbons (Fsp3) is 0.733. The van der Waals surface area contributed by atoms with Crippen LogP contribution in [0.2, 0.25) is 0 Å². The Kier molecular flexibility index (Phi) is 3.78. The number of rotatable bonds is 4. The largest absolute Gasteiger partial charge is 0.370 e. The van der Waals surface area contributed by atoms with E-state index in [1.807, 2.05) is 0 Å². The van der Waals surface area contributed by atoms with Crippen LogP contribution in [0.3, 0.4) is 0 Å². The second-order valence-corrected chi connectivity index (χ2v) is 6.16. The number of hydrogen-bond donors (Lipinski definition) is 2. The molecule has 5 nitrogen and oxygen atoms in total. The molecular formula is C15H24N4O. The topological polar surface area (TPSA) is 72.9 Å². The van der Waals surface area contributed by atoms with Crippen molar-refractivity contribution in [3.05, 3.63) is 17.2 Å². The standard InChI is InChI=1S/C15H24N4O/c1-10(8-14(16)20)19-13-6-7-17-9-12(13)18-15(19)11-4-2-3-5-11/h10-11,17H,2-9H2,1H3,(H2,16,20). The Morgan fingerprint density at radius 2 is 2.25 bits per heavy atom. The van der Waals surface area contributed by atoms with Gasteiger partial charge in [-0.25, -0.2) is 4.98 Å². The number of fused-ring (bicyclic) bond motifs is 1. The van der Waals surface area contributed by atoms with Crippen molar-refractivity contribution in [2.75, 3.05) is 6.54 Å². The van der Waals surface area contributed by atoms with Crippen molar-refractivity contribution in [3.63, 3.8) is 0 Å². The van der Waals surface area contributed by atoms with Gasteiger partial charge >= 0.3 is 0 Å². The zero-order chi connectivity index (χ0) is 14.1. The van der Waals surface area contributed by atoms with E-state index in [1.54, 1.807) is 0 Å². The zero-order valence-electron chi connectivity index (χ0n) is 12.2. The molecule has 1 unspecified atom stereocenters. The number of amides is 1. The third kappa shape index (κ3) is 2.46. The van der Waals surface area contributed by atoms with E-state index in [-0.39, 0.29) is 11.9 Å². The molecule has 1 fully saturated rings. The summed E-state index contributed by atoms with van der Waals surface area (Å²) >= 11 is 0. The average Bonchev–Trinajstić information content (AvgIpc) is 3.04. The molecule has 1 aliphatic carbocycles. The van der Waals surface area contributed by atoms with E-state index in [9.17, 15) is 4.79 Å². The van der Waals surface area contributed by atoms with Gasteiger partial charge in [0.1, 0.15) is 5.82 Å². The van der Waals surface area contributed by atoms with Gasteiger partial charge in [0, 0.05) is 43.6 Å². The van der Waals surface area contributed by atoms with Gasteiger partial charge in [0.15, 0.2) is 0 Å². The highest BCUT2D eigenvalue weighted by atomic mass is 16.1. The van der Waals surface area contributed by atoms with Crippen molar-refractivity contribution in [1.29, 1.82) is 0 Å². The van der Waals surface area contributed by atoms with Gasteiger partial charge in [-0.05, 0) is 19.8 Å². The lowest BCUT2D eigenvalue weighted by molar-refractivity contribution is -0.118. The first kappa shape index (κ1) is 13.6. The number of nitrogens with zero attached hydrogens (tertiary/aromatic N) is 2. The van der Waals surface area contributed by atoms with E-state index in [0.717, 1.165) is 19.5 Å². The molecule has 0 saturated heterocycles. The van der Waals surface area contributed by atoms with E-state index in [2.05, 4.69) is 16.8 Å². The first-order valence-corrected chi connectivity index (χ1v) is 7.75. The lowest BCUT2D eigenvalue weighted by atomic mass is 10.1. The molecule has 1 aromatic rings. The van der Waals surface area contributed by atoms with Crippen molar-refractivity contribution in [2.24, 2.45) is 5.73 Å². The summed E-state index contributed by atoms with van der Waals surface area (Å²) in [5.41, 5.74) is 7.89. The molecule has 110 valence electrons. The second kappa shape index (κ2) is 5.56. The molecule has 1 saturated carbocycles. The Bertz CT molecular complexity index is 502. The van der Waals surface area contributed by atoms with Crippen LogP contribution >= 0.6 is 0 Å². The third-order valence-corrected chi connectivity index (χ3v) is 4.61. The van der Waals surface area contributed by atoms with Crippen LogP contribution in [-0.2, 0) is 17.8 Å². The number of carbonyl (C=O) groups excluding carboxylic acids is 1. The maximum atomic E-state index is 11.3. The summed E-state index contributed by atoms with van der Waals surface area (Å²) in [6, 6.07) is 0.123. The van der Waals surface area contributed by atoms with Gasteiger partial charge in [0.2, 0.25) is 5.91 Å². The summed E-state index contributed by atoms with van der Waals surface area (Å²) in [6.45, 7) is 3.94. The molecule has 0 aromatic carbocycles. The maximum Gasteiger partial charge on any atom is 0.219 e. The van der Waals surface area contributed by atoms with Crippen LogP contribution < -0.4 is 11.1 Å². The first-order chi connectivity index (χ1) is 9.66. The minimum absolute atomic E-state index is 0.123. The van der Waals surface area contributed by atoms with Gasteiger partial charge in [-0.1, -0.05) is 12.8 Å². The van der Waals surface area contributed by atoms with E-state index in [4.69, 9.17) is 10.7 Å². The zero-order valence-corrected chi connectivity index (χ0v) is 12.2. The van der Waals surface area contributed by atoms with E-state index in [1.165, 1.54) is 42.9 Å². The quantitative estimate of drug-likeness (QED) is 0.877. The van der Waals surface area contributed by atoms with Crippen LogP contribution in [0.4, 0.5) is 0 Å². The Labute approximate surface area is 119 Å². The highest BCUT2D eigenvalue weighted by Crippen LogP contribution is 2.36. The second-order valence-electron chi connectivity index (χ2n) is 6.16. The predicted molar refractivity (Wildman–Crippen MR) is 77.4 cm³/mol. The predicted octanol–water partition coefficient (Wildman–Crippen LogP) is 1.62. The van der Waals surface area contributed by atoms with Crippen molar-refractivity contribution in [1.82, 2.24) is 14.9 Å². The average molecular weight is 276 g/mol. The van der Waals surface area contributed by atoms with E-state index >= 15 is 0 Å². The SMILES string of the molecule is CC(CC(N)=O)n1c(C2CCCC2)nc2c1CCNC2. The molecule has 0 spiro atoms. The number of aromatic nitrogens is 2. The van der Waals surface area contributed by atoms with Crippen LogP contribution in [-0.4, -0.2) is 22.0 Å². The van der Waals surface area contributed by atoms with Crippen molar-refractivity contribution in [3.8, 4) is 0 Å². The molecule has 1 aliphatic heterocycles. The summed E-state index contributed by atoms with van der Waals surface area (Å²) in [7, 11) is 0. The van der Waals surface area contributed by atoms with Crippen LogP contribution in [0, 0.1) is 0 Å². The molecule has 3 N–H and O–H groups in total. The molecule has 20 heavy (non-hydrogen) atoms. The van der Waals surface area contributed by atoms with Gasteiger partial charge in [-0.2, -0.15) is 0 Å². The highest BCUT2D eigenvalue weighted by Gasteiger charge is 2.29. The molecule has 1 atom stereocenters. The number of nitrogens with two attached hydrogens (primary N) is 1. The smallest absolute Gasteiger partial charge is 0.219 e. The van der Waals surface area contributed by atoms with Gasteiger partial charge in [-0.3, -0.25) is 4.79 Å². The van der Waals surface area contributed by atoms with Gasteiger partial charge in [0.05, 0.1) is 5.69 Å². The van der Waals surface area contributed by atoms with Crippen LogP contribution in [0.25, 0.3) is 0 Å². The number of primary amides is 1. The minimum atomic E-state index is -0.230. The summed E-state index contributed by atoms with van der Waals surface area (Å²) in [6.07, 6.45) is 6.45. The Hall–Kier alpha value is -1.36. The number of nitrogens with one attached hydrogen (secondary N) is 1. The highest BCUT2D eigenvalue weighted by molar-refractivity contribution is 5.74. The summed E-state index contributed by atoms with van der Waals surface area (Å²) < 4.78 is 2.33. The van der Waals surface area contributed by atoms with E-state index < -0.39 is 0 Å². The van der Waals surface area contributed by atoms with E-state index in [0.29, 0.717) is 12.3 Å². The fourth-order valence-electron chi connectivity index (χ4n) is 3.70. The molecule has 2 aliphatic rings. The minimum Gasteiger partial charge on any atom is -0.370 e. The number of hydrogen-bond acceptors (Lipinski definition) is 3. The third-order valence-electron chi connectivity index (χ3n) is 4.61. The number of carbonyl (C=O) groups is 1. The van der Waals surface area contributed by atoms with Crippen LogP contribution in [0.1, 0.15) is 68.2 Å². The molecule has 3 rings (SSSR count). The van der Waals surface area contributed by atoms with Gasteiger partial charge in [-0.15, -0.1) is 0 Å². The Morgan fingerprint density at radius 1 is 1.50 bits per heavy atom. The van der Waals surface area contributed by atoms with Crippen LogP contribution in [0.15, 0.2) is 0 Å². The van der Waals surface area contributed by atoms with Crippen molar-refractivity contribution >= 4 is 5.91 Å².